The fourth-order valence-corrected chi connectivity index (χ4v) is 3.89. The van der Waals surface area contributed by atoms with Gasteiger partial charge in [0.15, 0.2) is 9.84 Å². The van der Waals surface area contributed by atoms with Crippen LogP contribution in [-0.4, -0.2) is 30.7 Å². The lowest BCUT2D eigenvalue weighted by Crippen LogP contribution is -2.26. The highest BCUT2D eigenvalue weighted by molar-refractivity contribution is 7.90. The van der Waals surface area contributed by atoms with Gasteiger partial charge >= 0.3 is 6.18 Å². The van der Waals surface area contributed by atoms with E-state index in [2.05, 4.69) is 9.97 Å². The lowest BCUT2D eigenvalue weighted by atomic mass is 10.1. The number of sulfone groups is 1. The highest BCUT2D eigenvalue weighted by Gasteiger charge is 2.32. The molecule has 0 bridgehead atoms. The summed E-state index contributed by atoms with van der Waals surface area (Å²) in [6, 6.07) is 9.97. The van der Waals surface area contributed by atoms with Crippen molar-refractivity contribution in [1.29, 1.82) is 0 Å². The summed E-state index contributed by atoms with van der Waals surface area (Å²) in [6.45, 7) is 0.373. The van der Waals surface area contributed by atoms with Gasteiger partial charge in [0.05, 0.1) is 16.0 Å². The highest BCUT2D eigenvalue weighted by Crippen LogP contribution is 2.36. The van der Waals surface area contributed by atoms with Crippen LogP contribution in [0.4, 0.5) is 19.0 Å². The average molecular weight is 421 g/mol. The molecule has 9 heteroatoms. The molecule has 3 aromatic rings. The van der Waals surface area contributed by atoms with Gasteiger partial charge in [0, 0.05) is 24.2 Å². The molecule has 1 heterocycles. The average Bonchev–Trinajstić information content (AvgIpc) is 3.49. The molecule has 1 fully saturated rings. The van der Waals surface area contributed by atoms with Gasteiger partial charge in [-0.25, -0.2) is 18.4 Å². The van der Waals surface area contributed by atoms with Crippen LogP contribution in [-0.2, 0) is 22.6 Å². The summed E-state index contributed by atoms with van der Waals surface area (Å²) < 4.78 is 62.4. The number of rotatable bonds is 5. The second-order valence-corrected chi connectivity index (χ2v) is 9.22. The number of aromatic nitrogens is 2. The lowest BCUT2D eigenvalue weighted by Gasteiger charge is -2.25. The van der Waals surface area contributed by atoms with Crippen molar-refractivity contribution in [1.82, 2.24) is 9.97 Å². The molecule has 0 atom stereocenters. The van der Waals surface area contributed by atoms with Crippen LogP contribution in [0.3, 0.4) is 0 Å². The number of alkyl halides is 3. The first-order valence-electron chi connectivity index (χ1n) is 9.00. The molecule has 1 saturated carbocycles. The summed E-state index contributed by atoms with van der Waals surface area (Å²) in [6.07, 6.45) is 0.0633. The smallest absolute Gasteiger partial charge is 0.349 e. The number of halogens is 3. The SMILES string of the molecule is CS(=O)(=O)c1ccc2ncnc(N(Cc3ccc(C(F)(F)F)cc3)C3CC3)c2c1. The first kappa shape index (κ1) is 19.6. The van der Waals surface area contributed by atoms with Crippen molar-refractivity contribution < 1.29 is 21.6 Å². The number of anilines is 1. The zero-order valence-corrected chi connectivity index (χ0v) is 16.3. The van der Waals surface area contributed by atoms with Crippen LogP contribution in [0.5, 0.6) is 0 Å². The Kier molecular flexibility index (Phi) is 4.72. The Morgan fingerprint density at radius 3 is 2.34 bits per heavy atom. The van der Waals surface area contributed by atoms with E-state index in [1.807, 2.05) is 4.90 Å². The van der Waals surface area contributed by atoms with Gasteiger partial charge in [-0.15, -0.1) is 0 Å². The van der Waals surface area contributed by atoms with Gasteiger partial charge in [-0.1, -0.05) is 12.1 Å². The Morgan fingerprint density at radius 2 is 1.76 bits per heavy atom. The van der Waals surface area contributed by atoms with Crippen molar-refractivity contribution in [2.45, 2.75) is 36.5 Å². The van der Waals surface area contributed by atoms with Crippen molar-refractivity contribution in [3.8, 4) is 0 Å². The maximum absolute atomic E-state index is 12.8. The minimum absolute atomic E-state index is 0.173. The van der Waals surface area contributed by atoms with E-state index in [1.165, 1.54) is 24.5 Å². The number of hydrogen-bond acceptors (Lipinski definition) is 5. The molecule has 1 aliphatic rings. The summed E-state index contributed by atoms with van der Waals surface area (Å²) in [7, 11) is -3.40. The lowest BCUT2D eigenvalue weighted by molar-refractivity contribution is -0.137. The third-order valence-corrected chi connectivity index (χ3v) is 6.02. The van der Waals surface area contributed by atoms with Crippen molar-refractivity contribution in [2.75, 3.05) is 11.2 Å². The Bertz CT molecular complexity index is 1160. The second-order valence-electron chi connectivity index (χ2n) is 7.20. The topological polar surface area (TPSA) is 63.2 Å². The summed E-state index contributed by atoms with van der Waals surface area (Å²) in [5, 5.41) is 0.606. The van der Waals surface area contributed by atoms with Crippen molar-refractivity contribution in [3.63, 3.8) is 0 Å². The summed E-state index contributed by atoms with van der Waals surface area (Å²) >= 11 is 0. The third kappa shape index (κ3) is 4.19. The molecule has 0 N–H and O–H groups in total. The Balaban J connectivity index is 1.73. The molecule has 0 saturated heterocycles. The van der Waals surface area contributed by atoms with E-state index < -0.39 is 21.6 Å². The molecule has 0 unspecified atom stereocenters. The first-order chi connectivity index (χ1) is 13.6. The van der Waals surface area contributed by atoms with Crippen molar-refractivity contribution in [2.24, 2.45) is 0 Å². The molecule has 0 amide bonds. The largest absolute Gasteiger partial charge is 0.416 e. The van der Waals surface area contributed by atoms with Gasteiger partial charge in [0.25, 0.3) is 0 Å². The standard InChI is InChI=1S/C20H18F3N3O2S/c1-29(27,28)16-8-9-18-17(10-16)19(25-12-24-18)26(15-6-7-15)11-13-2-4-14(5-3-13)20(21,22)23/h2-5,8-10,12,15H,6-7,11H2,1H3. The number of hydrogen-bond donors (Lipinski definition) is 0. The van der Waals surface area contributed by atoms with E-state index in [-0.39, 0.29) is 10.9 Å². The predicted molar refractivity (Wildman–Crippen MR) is 103 cm³/mol. The quantitative estimate of drug-likeness (QED) is 0.617. The normalized spacial score (nSPS) is 14.9. The van der Waals surface area contributed by atoms with Crippen LogP contribution in [0, 0.1) is 0 Å². The zero-order valence-electron chi connectivity index (χ0n) is 15.5. The summed E-state index contributed by atoms with van der Waals surface area (Å²) in [5.74, 6) is 0.586. The summed E-state index contributed by atoms with van der Waals surface area (Å²) in [5.41, 5.74) is 0.640. The molecule has 152 valence electrons. The summed E-state index contributed by atoms with van der Waals surface area (Å²) in [4.78, 5) is 10.8. The first-order valence-corrected chi connectivity index (χ1v) is 10.9. The molecule has 4 rings (SSSR count). The monoisotopic (exact) mass is 421 g/mol. The molecule has 0 radical (unpaired) electrons. The highest BCUT2D eigenvalue weighted by atomic mass is 32.2. The molecule has 2 aromatic carbocycles. The molecular formula is C20H18F3N3O2S. The molecule has 29 heavy (non-hydrogen) atoms. The van der Waals surface area contributed by atoms with Crippen LogP contribution in [0.25, 0.3) is 10.9 Å². The Morgan fingerprint density at radius 1 is 1.07 bits per heavy atom. The molecule has 1 aliphatic carbocycles. The van der Waals surface area contributed by atoms with Crippen LogP contribution in [0.15, 0.2) is 53.7 Å². The molecular weight excluding hydrogens is 403 g/mol. The predicted octanol–water partition coefficient (Wildman–Crippen LogP) is 4.22. The van der Waals surface area contributed by atoms with E-state index in [0.717, 1.165) is 36.8 Å². The van der Waals surface area contributed by atoms with Gasteiger partial charge in [-0.05, 0) is 48.7 Å². The van der Waals surface area contributed by atoms with Gasteiger partial charge in [0.1, 0.15) is 12.1 Å². The maximum atomic E-state index is 12.8. The van der Waals surface area contributed by atoms with Crippen molar-refractivity contribution in [3.05, 3.63) is 59.9 Å². The van der Waals surface area contributed by atoms with Gasteiger partial charge in [0.2, 0.25) is 0 Å². The Labute approximate surface area is 166 Å². The fraction of sp³-hybridized carbons (Fsp3) is 0.300. The van der Waals surface area contributed by atoms with Crippen molar-refractivity contribution >= 4 is 26.6 Å². The Hall–Kier alpha value is -2.68. The van der Waals surface area contributed by atoms with E-state index >= 15 is 0 Å². The number of fused-ring (bicyclic) bond motifs is 1. The maximum Gasteiger partial charge on any atom is 0.416 e. The van der Waals surface area contributed by atoms with Crippen LogP contribution in [0.1, 0.15) is 24.0 Å². The van der Waals surface area contributed by atoms with E-state index in [4.69, 9.17) is 0 Å². The third-order valence-electron chi connectivity index (χ3n) is 4.91. The number of benzene rings is 2. The molecule has 1 aromatic heterocycles. The van der Waals surface area contributed by atoms with Gasteiger partial charge in [-0.2, -0.15) is 13.2 Å². The van der Waals surface area contributed by atoms with Gasteiger partial charge in [-0.3, -0.25) is 0 Å². The van der Waals surface area contributed by atoms with Crippen LogP contribution >= 0.6 is 0 Å². The minimum Gasteiger partial charge on any atom is -0.349 e. The second kappa shape index (κ2) is 6.98. The van der Waals surface area contributed by atoms with E-state index in [9.17, 15) is 21.6 Å². The van der Waals surface area contributed by atoms with E-state index in [1.54, 1.807) is 12.1 Å². The van der Waals surface area contributed by atoms with E-state index in [0.29, 0.717) is 23.3 Å². The fourth-order valence-electron chi connectivity index (χ4n) is 3.24. The van der Waals surface area contributed by atoms with Crippen LogP contribution < -0.4 is 4.90 Å². The number of nitrogens with zero attached hydrogens (tertiary/aromatic N) is 3. The van der Waals surface area contributed by atoms with Gasteiger partial charge < -0.3 is 4.90 Å². The molecule has 0 aliphatic heterocycles. The zero-order chi connectivity index (χ0) is 20.8. The molecule has 5 nitrogen and oxygen atoms in total. The van der Waals surface area contributed by atoms with Crippen LogP contribution in [0.2, 0.25) is 0 Å². The minimum atomic E-state index is -4.38. The molecule has 0 spiro atoms.